The van der Waals surface area contributed by atoms with Crippen LogP contribution in [0.4, 0.5) is 8.78 Å². The van der Waals surface area contributed by atoms with Crippen molar-refractivity contribution in [3.8, 4) is 0 Å². The van der Waals surface area contributed by atoms with Crippen LogP contribution in [-0.4, -0.2) is 34.5 Å². The Balaban J connectivity index is 2.05. The van der Waals surface area contributed by atoms with E-state index in [9.17, 15) is 13.6 Å². The van der Waals surface area contributed by atoms with Gasteiger partial charge in [0.15, 0.2) is 0 Å². The van der Waals surface area contributed by atoms with Gasteiger partial charge in [0.25, 0.3) is 0 Å². The van der Waals surface area contributed by atoms with Gasteiger partial charge in [-0.25, -0.2) is 0 Å². The molecule has 1 saturated heterocycles. The number of nitrogens with one attached hydrogen (secondary N) is 1. The van der Waals surface area contributed by atoms with E-state index in [1.807, 2.05) is 11.8 Å². The number of hydrogen-bond acceptors (Lipinski definition) is 2. The smallest absolute Gasteiger partial charge is 0.318 e. The molecule has 1 aliphatic heterocycles. The number of hydrogen-bond donors (Lipinski definition) is 1. The number of rotatable bonds is 3. The van der Waals surface area contributed by atoms with Gasteiger partial charge in [-0.3, -0.25) is 14.3 Å². The molecule has 0 radical (unpaired) electrons. The van der Waals surface area contributed by atoms with E-state index in [0.29, 0.717) is 18.8 Å². The zero-order valence-electron chi connectivity index (χ0n) is 9.57. The summed E-state index contributed by atoms with van der Waals surface area (Å²) < 4.78 is 26.2. The van der Waals surface area contributed by atoms with Crippen molar-refractivity contribution in [2.24, 2.45) is 0 Å². The standard InChI is InChI=1S/C11H15F2N3O/c1-8-5-15(7-10(17)14-8)6-9-3-2-4-16(9)11(12)13/h2-4,8,11H,5-7H2,1H3,(H,14,17). The number of carbonyl (C=O) groups is 1. The fourth-order valence-electron chi connectivity index (χ4n) is 2.12. The van der Waals surface area contributed by atoms with Gasteiger partial charge in [0.05, 0.1) is 6.54 Å². The molecule has 17 heavy (non-hydrogen) atoms. The maximum Gasteiger partial charge on any atom is 0.318 e. The minimum atomic E-state index is -2.53. The van der Waals surface area contributed by atoms with Crippen molar-refractivity contribution in [2.75, 3.05) is 13.1 Å². The summed E-state index contributed by atoms with van der Waals surface area (Å²) in [5.74, 6) is -0.0566. The van der Waals surface area contributed by atoms with E-state index >= 15 is 0 Å². The van der Waals surface area contributed by atoms with Crippen molar-refractivity contribution in [2.45, 2.75) is 26.1 Å². The zero-order valence-corrected chi connectivity index (χ0v) is 9.57. The first kappa shape index (κ1) is 12.0. The number of nitrogens with zero attached hydrogens (tertiary/aromatic N) is 2. The van der Waals surface area contributed by atoms with Crippen LogP contribution in [0.1, 0.15) is 19.2 Å². The molecule has 2 heterocycles. The first-order chi connectivity index (χ1) is 8.06. The summed E-state index contributed by atoms with van der Waals surface area (Å²) >= 11 is 0. The molecule has 0 bridgehead atoms. The molecule has 1 N–H and O–H groups in total. The van der Waals surface area contributed by atoms with Gasteiger partial charge >= 0.3 is 6.55 Å². The Kier molecular flexibility index (Phi) is 3.42. The van der Waals surface area contributed by atoms with Crippen LogP contribution in [0.3, 0.4) is 0 Å². The van der Waals surface area contributed by atoms with Crippen LogP contribution in [0.25, 0.3) is 0 Å². The van der Waals surface area contributed by atoms with E-state index in [-0.39, 0.29) is 18.5 Å². The van der Waals surface area contributed by atoms with Crippen molar-refractivity contribution < 1.29 is 13.6 Å². The van der Waals surface area contributed by atoms with Crippen molar-refractivity contribution in [3.63, 3.8) is 0 Å². The van der Waals surface area contributed by atoms with Crippen LogP contribution in [-0.2, 0) is 11.3 Å². The lowest BCUT2D eigenvalue weighted by molar-refractivity contribution is -0.125. The van der Waals surface area contributed by atoms with Crippen molar-refractivity contribution in [1.82, 2.24) is 14.8 Å². The van der Waals surface area contributed by atoms with Crippen molar-refractivity contribution >= 4 is 5.91 Å². The number of carbonyl (C=O) groups excluding carboxylic acids is 1. The van der Waals surface area contributed by atoms with Crippen molar-refractivity contribution in [1.29, 1.82) is 0 Å². The minimum Gasteiger partial charge on any atom is -0.351 e. The number of alkyl halides is 2. The summed E-state index contributed by atoms with van der Waals surface area (Å²) in [5.41, 5.74) is 0.530. The lowest BCUT2D eigenvalue weighted by atomic mass is 10.2. The number of amides is 1. The molecule has 1 unspecified atom stereocenters. The van der Waals surface area contributed by atoms with Crippen molar-refractivity contribution in [3.05, 3.63) is 24.0 Å². The molecule has 1 fully saturated rings. The van der Waals surface area contributed by atoms with Gasteiger partial charge in [-0.2, -0.15) is 8.78 Å². The van der Waals surface area contributed by atoms with Gasteiger partial charge in [0, 0.05) is 31.0 Å². The summed E-state index contributed by atoms with van der Waals surface area (Å²) in [6.07, 6.45) is 1.35. The molecule has 0 saturated carbocycles. The number of halogens is 2. The highest BCUT2D eigenvalue weighted by atomic mass is 19.3. The minimum absolute atomic E-state index is 0.0566. The highest BCUT2D eigenvalue weighted by Crippen LogP contribution is 2.16. The van der Waals surface area contributed by atoms with E-state index < -0.39 is 6.55 Å². The molecule has 1 aromatic rings. The van der Waals surface area contributed by atoms with Gasteiger partial charge in [-0.1, -0.05) is 0 Å². The number of aromatic nitrogens is 1. The molecular weight excluding hydrogens is 228 g/mol. The van der Waals surface area contributed by atoms with Crippen LogP contribution < -0.4 is 5.32 Å². The Labute approximate surface area is 98.2 Å². The summed E-state index contributed by atoms with van der Waals surface area (Å²) in [6, 6.07) is 3.31. The Morgan fingerprint density at radius 2 is 2.35 bits per heavy atom. The summed E-state index contributed by atoms with van der Waals surface area (Å²) in [4.78, 5) is 13.2. The average Bonchev–Trinajstić information content (AvgIpc) is 2.63. The molecule has 1 aromatic heterocycles. The van der Waals surface area contributed by atoms with E-state index in [2.05, 4.69) is 5.32 Å². The molecule has 0 aromatic carbocycles. The van der Waals surface area contributed by atoms with E-state index in [4.69, 9.17) is 0 Å². The lowest BCUT2D eigenvalue weighted by Crippen LogP contribution is -2.52. The first-order valence-electron chi connectivity index (χ1n) is 5.52. The van der Waals surface area contributed by atoms with Gasteiger partial charge in [0.2, 0.25) is 5.91 Å². The monoisotopic (exact) mass is 243 g/mol. The Morgan fingerprint density at radius 1 is 1.59 bits per heavy atom. The fraction of sp³-hybridized carbons (Fsp3) is 0.545. The lowest BCUT2D eigenvalue weighted by Gasteiger charge is -2.31. The maximum absolute atomic E-state index is 12.6. The highest BCUT2D eigenvalue weighted by Gasteiger charge is 2.22. The van der Waals surface area contributed by atoms with Crippen LogP contribution in [0.5, 0.6) is 0 Å². The van der Waals surface area contributed by atoms with Gasteiger partial charge < -0.3 is 5.32 Å². The molecule has 94 valence electrons. The summed E-state index contributed by atoms with van der Waals surface area (Å²) in [5, 5.41) is 2.79. The van der Waals surface area contributed by atoms with Crippen LogP contribution in [0.15, 0.2) is 18.3 Å². The average molecular weight is 243 g/mol. The maximum atomic E-state index is 12.6. The second-order valence-corrected chi connectivity index (χ2v) is 4.32. The molecule has 1 amide bonds. The molecule has 4 nitrogen and oxygen atoms in total. The van der Waals surface area contributed by atoms with E-state index in [1.165, 1.54) is 6.20 Å². The number of piperazine rings is 1. The molecule has 2 rings (SSSR count). The summed E-state index contributed by atoms with van der Waals surface area (Å²) in [6.45, 7) is 0.681. The topological polar surface area (TPSA) is 37.3 Å². The van der Waals surface area contributed by atoms with Crippen LogP contribution in [0, 0.1) is 0 Å². The highest BCUT2D eigenvalue weighted by molar-refractivity contribution is 5.79. The second-order valence-electron chi connectivity index (χ2n) is 4.32. The van der Waals surface area contributed by atoms with Gasteiger partial charge in [-0.15, -0.1) is 0 Å². The van der Waals surface area contributed by atoms with Crippen LogP contribution in [0.2, 0.25) is 0 Å². The van der Waals surface area contributed by atoms with Gasteiger partial charge in [-0.05, 0) is 19.1 Å². The predicted molar refractivity (Wildman–Crippen MR) is 58.6 cm³/mol. The Bertz CT molecular complexity index is 405. The van der Waals surface area contributed by atoms with E-state index in [0.717, 1.165) is 4.57 Å². The Hall–Kier alpha value is -1.43. The van der Waals surface area contributed by atoms with Crippen LogP contribution >= 0.6 is 0 Å². The third kappa shape index (κ3) is 2.82. The summed E-state index contributed by atoms with van der Waals surface area (Å²) in [7, 11) is 0. The first-order valence-corrected chi connectivity index (χ1v) is 5.52. The van der Waals surface area contributed by atoms with E-state index in [1.54, 1.807) is 12.1 Å². The third-order valence-corrected chi connectivity index (χ3v) is 2.77. The molecule has 0 spiro atoms. The molecular formula is C11H15F2N3O. The quantitative estimate of drug-likeness (QED) is 0.866. The molecule has 0 aliphatic carbocycles. The second kappa shape index (κ2) is 4.83. The van der Waals surface area contributed by atoms with Gasteiger partial charge in [0.1, 0.15) is 0 Å². The Morgan fingerprint density at radius 3 is 3.00 bits per heavy atom. The predicted octanol–water partition coefficient (Wildman–Crippen LogP) is 1.20. The SMILES string of the molecule is CC1CN(Cc2cccn2C(F)F)CC(=O)N1. The fourth-order valence-corrected chi connectivity index (χ4v) is 2.12. The molecule has 6 heteroatoms. The largest absolute Gasteiger partial charge is 0.351 e. The zero-order chi connectivity index (χ0) is 12.4. The normalized spacial score (nSPS) is 21.9. The molecule has 1 aliphatic rings. The molecule has 1 atom stereocenters. The third-order valence-electron chi connectivity index (χ3n) is 2.77.